The van der Waals surface area contributed by atoms with Crippen LogP contribution in [0.2, 0.25) is 0 Å². The van der Waals surface area contributed by atoms with E-state index in [0.29, 0.717) is 10.8 Å². The standard InChI is InChI=1S/C20H21N3OS/c1-13-8-9-16(15(3)10-13)12-25-20(17(11-21)19(22)24)23-18-7-5-4-6-14(18)2/h4-10,23H,12H2,1-3H3,(H2,22,24). The van der Waals surface area contributed by atoms with Gasteiger partial charge in [-0.1, -0.05) is 42.0 Å². The van der Waals surface area contributed by atoms with Crippen molar-refractivity contribution in [2.24, 2.45) is 5.73 Å². The fourth-order valence-electron chi connectivity index (χ4n) is 2.38. The third-order valence-electron chi connectivity index (χ3n) is 3.85. The van der Waals surface area contributed by atoms with Crippen LogP contribution in [0.25, 0.3) is 0 Å². The second-order valence-corrected chi connectivity index (χ2v) is 6.82. The first-order chi connectivity index (χ1) is 11.9. The predicted molar refractivity (Wildman–Crippen MR) is 104 cm³/mol. The summed E-state index contributed by atoms with van der Waals surface area (Å²) in [7, 11) is 0. The Hall–Kier alpha value is -2.71. The minimum absolute atomic E-state index is 0.0574. The number of para-hydroxylation sites is 1. The number of thioether (sulfide) groups is 1. The predicted octanol–water partition coefficient (Wildman–Crippen LogP) is 4.18. The summed E-state index contributed by atoms with van der Waals surface area (Å²) in [5.74, 6) is -0.0922. The van der Waals surface area contributed by atoms with Crippen molar-refractivity contribution in [2.75, 3.05) is 5.32 Å². The summed E-state index contributed by atoms with van der Waals surface area (Å²) in [6.07, 6.45) is 0. The van der Waals surface area contributed by atoms with Crippen molar-refractivity contribution in [3.05, 3.63) is 75.3 Å². The van der Waals surface area contributed by atoms with Crippen LogP contribution in [0.1, 0.15) is 22.3 Å². The Balaban J connectivity index is 2.31. The van der Waals surface area contributed by atoms with Gasteiger partial charge < -0.3 is 11.1 Å². The molecular formula is C20H21N3OS. The molecule has 0 radical (unpaired) electrons. The molecule has 5 heteroatoms. The number of anilines is 1. The molecule has 1 amide bonds. The average molecular weight is 351 g/mol. The molecule has 4 nitrogen and oxygen atoms in total. The highest BCUT2D eigenvalue weighted by Crippen LogP contribution is 2.28. The van der Waals surface area contributed by atoms with Crippen molar-refractivity contribution in [1.82, 2.24) is 0 Å². The molecule has 2 aromatic rings. The molecule has 3 N–H and O–H groups in total. The maximum Gasteiger partial charge on any atom is 0.262 e. The maximum absolute atomic E-state index is 11.7. The molecule has 128 valence electrons. The van der Waals surface area contributed by atoms with Crippen LogP contribution in [0.4, 0.5) is 5.69 Å². The Kier molecular flexibility index (Phi) is 6.26. The van der Waals surface area contributed by atoms with Gasteiger partial charge in [0.05, 0.1) is 5.03 Å². The number of nitrogens with zero attached hydrogens (tertiary/aromatic N) is 1. The molecule has 0 aliphatic heterocycles. The van der Waals surface area contributed by atoms with Gasteiger partial charge in [0.15, 0.2) is 0 Å². The largest absolute Gasteiger partial charge is 0.365 e. The number of nitrogens with one attached hydrogen (secondary N) is 1. The lowest BCUT2D eigenvalue weighted by Gasteiger charge is -2.15. The van der Waals surface area contributed by atoms with Crippen LogP contribution in [-0.4, -0.2) is 5.91 Å². The van der Waals surface area contributed by atoms with Crippen LogP contribution >= 0.6 is 11.8 Å². The molecular weight excluding hydrogens is 330 g/mol. The van der Waals surface area contributed by atoms with E-state index in [2.05, 4.69) is 37.4 Å². The van der Waals surface area contributed by atoms with Crippen LogP contribution in [0.5, 0.6) is 0 Å². The second-order valence-electron chi connectivity index (χ2n) is 5.84. The van der Waals surface area contributed by atoms with E-state index in [0.717, 1.165) is 16.8 Å². The number of aryl methyl sites for hydroxylation is 3. The van der Waals surface area contributed by atoms with Crippen molar-refractivity contribution in [2.45, 2.75) is 26.5 Å². The number of amides is 1. The number of primary amides is 1. The van der Waals surface area contributed by atoms with Crippen molar-refractivity contribution in [1.29, 1.82) is 5.26 Å². The van der Waals surface area contributed by atoms with Crippen molar-refractivity contribution in [3.8, 4) is 6.07 Å². The third-order valence-corrected chi connectivity index (χ3v) is 4.90. The topological polar surface area (TPSA) is 78.9 Å². The zero-order valence-electron chi connectivity index (χ0n) is 14.6. The summed E-state index contributed by atoms with van der Waals surface area (Å²) in [5.41, 5.74) is 10.7. The Morgan fingerprint density at radius 3 is 2.48 bits per heavy atom. The van der Waals surface area contributed by atoms with Gasteiger partial charge >= 0.3 is 0 Å². The van der Waals surface area contributed by atoms with E-state index in [1.807, 2.05) is 37.3 Å². The van der Waals surface area contributed by atoms with Crippen molar-refractivity contribution >= 4 is 23.4 Å². The molecule has 0 saturated carbocycles. The van der Waals surface area contributed by atoms with Crippen LogP contribution in [0.15, 0.2) is 53.1 Å². The van der Waals surface area contributed by atoms with Gasteiger partial charge in [0, 0.05) is 11.4 Å². The Bertz CT molecular complexity index is 865. The van der Waals surface area contributed by atoms with E-state index in [1.165, 1.54) is 22.9 Å². The van der Waals surface area contributed by atoms with Gasteiger partial charge in [0.2, 0.25) is 0 Å². The van der Waals surface area contributed by atoms with E-state index >= 15 is 0 Å². The average Bonchev–Trinajstić information content (AvgIpc) is 2.56. The lowest BCUT2D eigenvalue weighted by atomic mass is 10.1. The summed E-state index contributed by atoms with van der Waals surface area (Å²) in [6.45, 7) is 6.07. The van der Waals surface area contributed by atoms with Crippen LogP contribution in [0, 0.1) is 32.1 Å². The molecule has 2 aromatic carbocycles. The van der Waals surface area contributed by atoms with Gasteiger partial charge in [0.1, 0.15) is 11.6 Å². The molecule has 0 aliphatic rings. The molecule has 0 aliphatic carbocycles. The van der Waals surface area contributed by atoms with Crippen molar-refractivity contribution in [3.63, 3.8) is 0 Å². The monoisotopic (exact) mass is 351 g/mol. The molecule has 25 heavy (non-hydrogen) atoms. The number of carbonyl (C=O) groups excluding carboxylic acids is 1. The summed E-state index contributed by atoms with van der Waals surface area (Å²) < 4.78 is 0. The third kappa shape index (κ3) is 4.88. The maximum atomic E-state index is 11.7. The fraction of sp³-hybridized carbons (Fsp3) is 0.200. The van der Waals surface area contributed by atoms with Gasteiger partial charge in [-0.15, -0.1) is 11.8 Å². The zero-order valence-corrected chi connectivity index (χ0v) is 15.4. The number of nitriles is 1. The zero-order chi connectivity index (χ0) is 18.4. The van der Waals surface area contributed by atoms with E-state index < -0.39 is 5.91 Å². The normalized spacial score (nSPS) is 11.4. The van der Waals surface area contributed by atoms with Gasteiger partial charge in [0.25, 0.3) is 5.91 Å². The van der Waals surface area contributed by atoms with E-state index in [4.69, 9.17) is 5.73 Å². The lowest BCUT2D eigenvalue weighted by Crippen LogP contribution is -2.17. The first kappa shape index (κ1) is 18.6. The summed E-state index contributed by atoms with van der Waals surface area (Å²) in [4.78, 5) is 11.7. The molecule has 2 rings (SSSR count). The molecule has 0 spiro atoms. The number of carbonyl (C=O) groups is 1. The Labute approximate surface area is 152 Å². The number of rotatable bonds is 6. The van der Waals surface area contributed by atoms with Crippen molar-refractivity contribution < 1.29 is 4.79 Å². The molecule has 0 atom stereocenters. The fourth-order valence-corrected chi connectivity index (χ4v) is 3.48. The highest BCUT2D eigenvalue weighted by atomic mass is 32.2. The molecule has 0 unspecified atom stereocenters. The van der Waals surface area contributed by atoms with Crippen LogP contribution < -0.4 is 11.1 Å². The summed E-state index contributed by atoms with van der Waals surface area (Å²) >= 11 is 1.40. The highest BCUT2D eigenvalue weighted by molar-refractivity contribution is 8.02. The number of hydrogen-bond acceptors (Lipinski definition) is 4. The number of benzene rings is 2. The van der Waals surface area contributed by atoms with E-state index in [1.54, 1.807) is 0 Å². The van der Waals surface area contributed by atoms with Crippen LogP contribution in [0.3, 0.4) is 0 Å². The molecule has 0 bridgehead atoms. The Morgan fingerprint density at radius 1 is 1.16 bits per heavy atom. The lowest BCUT2D eigenvalue weighted by molar-refractivity contribution is -0.114. The van der Waals surface area contributed by atoms with Gasteiger partial charge in [-0.25, -0.2) is 0 Å². The smallest absolute Gasteiger partial charge is 0.262 e. The molecule has 0 aromatic heterocycles. The van der Waals surface area contributed by atoms with Gasteiger partial charge in [-0.05, 0) is 43.5 Å². The summed E-state index contributed by atoms with van der Waals surface area (Å²) in [5, 5.41) is 13.0. The summed E-state index contributed by atoms with van der Waals surface area (Å²) in [6, 6.07) is 15.9. The van der Waals surface area contributed by atoms with Gasteiger partial charge in [-0.2, -0.15) is 5.26 Å². The second kappa shape index (κ2) is 8.41. The first-order valence-corrected chi connectivity index (χ1v) is 8.86. The number of nitrogens with two attached hydrogens (primary N) is 1. The minimum atomic E-state index is -0.730. The molecule has 0 fully saturated rings. The quantitative estimate of drug-likeness (QED) is 0.604. The van der Waals surface area contributed by atoms with Crippen LogP contribution in [-0.2, 0) is 10.5 Å². The first-order valence-electron chi connectivity index (χ1n) is 7.88. The minimum Gasteiger partial charge on any atom is -0.365 e. The number of hydrogen-bond donors (Lipinski definition) is 2. The van der Waals surface area contributed by atoms with Gasteiger partial charge in [-0.3, -0.25) is 4.79 Å². The molecule has 0 heterocycles. The Morgan fingerprint density at radius 2 is 1.88 bits per heavy atom. The molecule has 0 saturated heterocycles. The highest BCUT2D eigenvalue weighted by Gasteiger charge is 2.15. The van der Waals surface area contributed by atoms with E-state index in [9.17, 15) is 10.1 Å². The SMILES string of the molecule is Cc1ccc(CSC(Nc2ccccc2C)=C(C#N)C(N)=O)c(C)c1. The van der Waals surface area contributed by atoms with E-state index in [-0.39, 0.29) is 5.57 Å².